The monoisotopic (exact) mass is 83.1 g/mol. The second kappa shape index (κ2) is 2.78. The fraction of sp³-hybridized carbons (Fsp3) is 0.333. The topological polar surface area (TPSA) is 21.3 Å². The van der Waals surface area contributed by atoms with Crippen molar-refractivity contribution in [1.82, 2.24) is 5.48 Å². The molecule has 0 aromatic heterocycles. The van der Waals surface area contributed by atoms with Gasteiger partial charge in [-0.15, -0.1) is 0 Å². The van der Waals surface area contributed by atoms with Gasteiger partial charge in [0.25, 0.3) is 0 Å². The molecule has 0 saturated heterocycles. The zero-order valence-electron chi connectivity index (χ0n) is 3.69. The highest BCUT2D eigenvalue weighted by Gasteiger charge is 1.70. The van der Waals surface area contributed by atoms with Crippen LogP contribution >= 0.6 is 0 Å². The molecule has 0 atom stereocenters. The summed E-state index contributed by atoms with van der Waals surface area (Å²) in [5, 5.41) is 0. The van der Waals surface area contributed by atoms with Crippen molar-refractivity contribution in [3.63, 3.8) is 0 Å². The van der Waals surface area contributed by atoms with Gasteiger partial charge in [0.1, 0.15) is 7.85 Å². The van der Waals surface area contributed by atoms with Gasteiger partial charge in [0.2, 0.25) is 0 Å². The first-order valence-corrected chi connectivity index (χ1v) is 1.50. The molecule has 0 amide bonds. The molecule has 1 N–H and O–H groups in total. The highest BCUT2D eigenvalue weighted by molar-refractivity contribution is 6.20. The van der Waals surface area contributed by atoms with E-state index in [1.807, 2.05) is 0 Å². The van der Waals surface area contributed by atoms with E-state index in [-0.39, 0.29) is 0 Å². The molecule has 3 heteroatoms. The van der Waals surface area contributed by atoms with Gasteiger partial charge in [-0.25, -0.2) is 0 Å². The maximum absolute atomic E-state index is 4.97. The van der Waals surface area contributed by atoms with Crippen molar-refractivity contribution >= 4 is 7.85 Å². The lowest BCUT2D eigenvalue weighted by atomic mass is 10.1. The zero-order valence-corrected chi connectivity index (χ0v) is 3.69. The summed E-state index contributed by atoms with van der Waals surface area (Å²) in [4.78, 5) is 4.33. The van der Waals surface area contributed by atoms with Gasteiger partial charge in [-0.1, -0.05) is 6.58 Å². The molecular weight excluding hydrogens is 76.9 g/mol. The smallest absolute Gasteiger partial charge is 0.140 e. The summed E-state index contributed by atoms with van der Waals surface area (Å²) in [6.45, 7) is 3.29. The summed E-state index contributed by atoms with van der Waals surface area (Å²) in [5.41, 5.74) is 2.61. The van der Waals surface area contributed by atoms with Gasteiger partial charge in [0, 0.05) is 0 Å². The Labute approximate surface area is 38.5 Å². The molecule has 2 nitrogen and oxygen atoms in total. The third-order valence-corrected chi connectivity index (χ3v) is 0.233. The van der Waals surface area contributed by atoms with Crippen LogP contribution in [0, 0.1) is 0 Å². The molecule has 32 valence electrons. The predicted molar refractivity (Wildman–Crippen MR) is 25.0 cm³/mol. The van der Waals surface area contributed by atoms with Crippen LogP contribution < -0.4 is 5.48 Å². The van der Waals surface area contributed by atoms with E-state index in [1.54, 1.807) is 0 Å². The Morgan fingerprint density at radius 2 is 2.50 bits per heavy atom. The zero-order chi connectivity index (χ0) is 4.99. The van der Waals surface area contributed by atoms with Crippen molar-refractivity contribution in [2.45, 2.75) is 0 Å². The Kier molecular flexibility index (Phi) is 2.58. The van der Waals surface area contributed by atoms with Crippen LogP contribution in [0.5, 0.6) is 0 Å². The van der Waals surface area contributed by atoms with Crippen LogP contribution in [0.1, 0.15) is 0 Å². The summed E-state index contributed by atoms with van der Waals surface area (Å²) in [5.74, 6) is 0. The Hall–Kier alpha value is -0.435. The standard InChI is InChI=1S/C3H6BNO/c1-3(4)5-6-2/h5H,1H2,2H3. The van der Waals surface area contributed by atoms with E-state index in [2.05, 4.69) is 16.9 Å². The van der Waals surface area contributed by atoms with Gasteiger partial charge < -0.3 is 0 Å². The van der Waals surface area contributed by atoms with Crippen LogP contribution in [0.15, 0.2) is 12.2 Å². The molecule has 6 heavy (non-hydrogen) atoms. The van der Waals surface area contributed by atoms with Crippen molar-refractivity contribution in [3.05, 3.63) is 12.2 Å². The molecule has 0 heterocycles. The third kappa shape index (κ3) is 3.56. The number of nitrogens with one attached hydrogen (secondary N) is 1. The normalized spacial score (nSPS) is 7.50. The minimum absolute atomic E-state index is 0.317. The van der Waals surface area contributed by atoms with Gasteiger partial charge in [-0.05, 0) is 5.60 Å². The number of hydrogen-bond acceptors (Lipinski definition) is 2. The van der Waals surface area contributed by atoms with E-state index < -0.39 is 0 Å². The van der Waals surface area contributed by atoms with Gasteiger partial charge in [-0.3, -0.25) is 10.3 Å². The number of hydroxylamine groups is 1. The van der Waals surface area contributed by atoms with E-state index in [4.69, 9.17) is 7.85 Å². The lowest BCUT2D eigenvalue weighted by molar-refractivity contribution is 0.125. The maximum atomic E-state index is 4.97. The molecule has 0 rings (SSSR count). The summed E-state index contributed by atoms with van der Waals surface area (Å²) in [6, 6.07) is 0. The molecule has 0 bridgehead atoms. The fourth-order valence-electron chi connectivity index (χ4n) is 0.131. The van der Waals surface area contributed by atoms with Gasteiger partial charge in [0.15, 0.2) is 0 Å². The first-order valence-electron chi connectivity index (χ1n) is 1.50. The van der Waals surface area contributed by atoms with Gasteiger partial charge >= 0.3 is 0 Å². The fourth-order valence-corrected chi connectivity index (χ4v) is 0.131. The minimum atomic E-state index is 0.317. The van der Waals surface area contributed by atoms with Crippen LogP contribution in [-0.2, 0) is 4.84 Å². The first-order chi connectivity index (χ1) is 2.77. The molecule has 2 radical (unpaired) electrons. The molecule has 0 aliphatic rings. The summed E-state index contributed by atoms with van der Waals surface area (Å²) < 4.78 is 0. The summed E-state index contributed by atoms with van der Waals surface area (Å²) >= 11 is 0. The molecule has 0 unspecified atom stereocenters. The Morgan fingerprint density at radius 3 is 2.50 bits per heavy atom. The molecule has 0 aliphatic carbocycles. The van der Waals surface area contributed by atoms with Crippen molar-refractivity contribution < 1.29 is 4.84 Å². The number of hydrogen-bond donors (Lipinski definition) is 1. The molecule has 0 spiro atoms. The molecule has 0 aromatic carbocycles. The SMILES string of the molecule is [B]C(=C)NOC. The Bertz CT molecular complexity index is 54.8. The van der Waals surface area contributed by atoms with E-state index in [1.165, 1.54) is 7.11 Å². The summed E-state index contributed by atoms with van der Waals surface area (Å²) in [6.07, 6.45) is 0. The predicted octanol–water partition coefficient (Wildman–Crippen LogP) is -0.223. The molecule has 0 aromatic rings. The van der Waals surface area contributed by atoms with Crippen LogP contribution in [0.2, 0.25) is 0 Å². The average molecular weight is 82.9 g/mol. The Morgan fingerprint density at radius 1 is 2.00 bits per heavy atom. The molecule has 0 aliphatic heterocycles. The van der Waals surface area contributed by atoms with Crippen molar-refractivity contribution in [2.24, 2.45) is 0 Å². The van der Waals surface area contributed by atoms with E-state index in [0.29, 0.717) is 5.60 Å². The van der Waals surface area contributed by atoms with Crippen LogP contribution in [0.4, 0.5) is 0 Å². The second-order valence-electron chi connectivity index (χ2n) is 0.831. The molecular formula is C3H6BNO. The van der Waals surface area contributed by atoms with Crippen molar-refractivity contribution in [1.29, 1.82) is 0 Å². The van der Waals surface area contributed by atoms with E-state index in [0.717, 1.165) is 0 Å². The second-order valence-corrected chi connectivity index (χ2v) is 0.831. The lowest BCUT2D eigenvalue weighted by Gasteiger charge is -1.96. The largest absolute Gasteiger partial charge is 0.283 e. The van der Waals surface area contributed by atoms with Crippen molar-refractivity contribution in [2.75, 3.05) is 7.11 Å². The van der Waals surface area contributed by atoms with E-state index >= 15 is 0 Å². The summed E-state index contributed by atoms with van der Waals surface area (Å²) in [7, 11) is 6.44. The number of rotatable bonds is 2. The van der Waals surface area contributed by atoms with E-state index in [9.17, 15) is 0 Å². The van der Waals surface area contributed by atoms with Crippen LogP contribution in [0.3, 0.4) is 0 Å². The highest BCUT2D eigenvalue weighted by Crippen LogP contribution is 1.65. The molecule has 0 saturated carbocycles. The average Bonchev–Trinajstić information content (AvgIpc) is 1.35. The van der Waals surface area contributed by atoms with Crippen molar-refractivity contribution in [3.8, 4) is 0 Å². The van der Waals surface area contributed by atoms with Gasteiger partial charge in [-0.2, -0.15) is 0 Å². The molecule has 0 fully saturated rings. The van der Waals surface area contributed by atoms with Gasteiger partial charge in [0.05, 0.1) is 7.11 Å². The third-order valence-electron chi connectivity index (χ3n) is 0.233. The first kappa shape index (κ1) is 5.56. The van der Waals surface area contributed by atoms with Crippen LogP contribution in [-0.4, -0.2) is 15.0 Å². The lowest BCUT2D eigenvalue weighted by Crippen LogP contribution is -2.08. The maximum Gasteiger partial charge on any atom is 0.140 e. The Balaban J connectivity index is 2.83. The quantitative estimate of drug-likeness (QED) is 0.368. The minimum Gasteiger partial charge on any atom is -0.283 e. The van der Waals surface area contributed by atoms with Crippen LogP contribution in [0.25, 0.3) is 0 Å². The highest BCUT2D eigenvalue weighted by atomic mass is 16.6.